The summed E-state index contributed by atoms with van der Waals surface area (Å²) in [4.78, 5) is 53.9. The van der Waals surface area contributed by atoms with E-state index in [0.717, 1.165) is 36.1 Å². The van der Waals surface area contributed by atoms with Crippen molar-refractivity contribution in [3.63, 3.8) is 0 Å². The fourth-order valence-corrected chi connectivity index (χ4v) is 5.92. The molecule has 0 saturated heterocycles. The highest BCUT2D eigenvalue weighted by Crippen LogP contribution is 2.27. The molecule has 4 rings (SSSR count). The minimum Gasteiger partial charge on any atom is -0.465 e. The molecule has 0 spiro atoms. The molecule has 8 nitrogen and oxygen atoms in total. The number of ether oxygens (including phenoxy) is 1. The molecule has 9 heteroatoms. The Kier molecular flexibility index (Phi) is 9.35. The molecule has 2 heterocycles. The maximum absolute atomic E-state index is 13.7. The molecule has 2 amide bonds. The van der Waals surface area contributed by atoms with Crippen LogP contribution in [0.25, 0.3) is 0 Å². The van der Waals surface area contributed by atoms with Crippen LogP contribution in [0.1, 0.15) is 85.9 Å². The highest BCUT2D eigenvalue weighted by molar-refractivity contribution is 7.09. The number of esters is 1. The average Bonchev–Trinajstić information content (AvgIpc) is 3.57. The molecule has 0 unspecified atom stereocenters. The molecule has 0 bridgehead atoms. The fraction of sp³-hybridized carbons (Fsp3) is 0.400. The van der Waals surface area contributed by atoms with Crippen LogP contribution in [0.15, 0.2) is 47.8 Å². The number of aromatic nitrogens is 1. The molecular weight excluding hydrogens is 514 g/mol. The van der Waals surface area contributed by atoms with Gasteiger partial charge >= 0.3 is 5.97 Å². The number of rotatable bonds is 11. The van der Waals surface area contributed by atoms with E-state index in [1.165, 1.54) is 13.5 Å². The zero-order valence-electron chi connectivity index (χ0n) is 22.5. The normalized spacial score (nSPS) is 13.7. The minimum absolute atomic E-state index is 0.0736. The predicted octanol–water partition coefficient (Wildman–Crippen LogP) is 4.97. The number of thiophene rings is 1. The molecule has 1 aromatic carbocycles. The first-order valence-corrected chi connectivity index (χ1v) is 14.1. The Morgan fingerprint density at radius 3 is 2.41 bits per heavy atom. The molecule has 2 N–H and O–H groups in total. The zero-order chi connectivity index (χ0) is 27.9. The standard InChI is InChI=1S/C30H35N3O5S/c1-20-25(29(31)36)16-26(33(20)18-24-9-6-14-39-24)27(34)19-32(28(35)15-21-7-4-3-5-8-21)17-22-10-12-23(13-11-22)30(37)38-2/h6,9-14,16,21H,3-5,7-8,15,17-19H2,1-2H3,(H2,31,36). The number of ketones is 1. The number of carbonyl (C=O) groups excluding carboxylic acids is 4. The summed E-state index contributed by atoms with van der Waals surface area (Å²) in [7, 11) is 1.33. The van der Waals surface area contributed by atoms with E-state index in [-0.39, 0.29) is 24.8 Å². The van der Waals surface area contributed by atoms with Gasteiger partial charge in [-0.25, -0.2) is 4.79 Å². The Hall–Kier alpha value is -3.72. The molecule has 1 aliphatic rings. The van der Waals surface area contributed by atoms with Gasteiger partial charge in [0.1, 0.15) is 0 Å². The number of carbonyl (C=O) groups is 4. The fourth-order valence-electron chi connectivity index (χ4n) is 5.23. The van der Waals surface area contributed by atoms with Gasteiger partial charge in [0.15, 0.2) is 5.78 Å². The summed E-state index contributed by atoms with van der Waals surface area (Å²) in [5.41, 5.74) is 8.10. The minimum atomic E-state index is -0.595. The average molecular weight is 550 g/mol. The lowest BCUT2D eigenvalue weighted by Gasteiger charge is -2.27. The third kappa shape index (κ3) is 7.03. The lowest BCUT2D eigenvalue weighted by Crippen LogP contribution is -2.37. The number of amides is 2. The third-order valence-electron chi connectivity index (χ3n) is 7.44. The molecule has 1 aliphatic carbocycles. The van der Waals surface area contributed by atoms with Crippen molar-refractivity contribution in [3.05, 3.63) is 80.8 Å². The zero-order valence-corrected chi connectivity index (χ0v) is 23.3. The van der Waals surface area contributed by atoms with E-state index in [1.807, 2.05) is 22.1 Å². The molecule has 0 atom stereocenters. The van der Waals surface area contributed by atoms with Crippen LogP contribution >= 0.6 is 11.3 Å². The van der Waals surface area contributed by atoms with E-state index < -0.39 is 11.9 Å². The topological polar surface area (TPSA) is 112 Å². The summed E-state index contributed by atoms with van der Waals surface area (Å²) >= 11 is 1.56. The molecule has 2 aromatic heterocycles. The van der Waals surface area contributed by atoms with Crippen molar-refractivity contribution >= 4 is 34.9 Å². The quantitative estimate of drug-likeness (QED) is 0.268. The van der Waals surface area contributed by atoms with E-state index in [2.05, 4.69) is 0 Å². The van der Waals surface area contributed by atoms with Crippen LogP contribution in [0.4, 0.5) is 0 Å². The van der Waals surface area contributed by atoms with Crippen molar-refractivity contribution in [3.8, 4) is 0 Å². The van der Waals surface area contributed by atoms with Gasteiger partial charge in [0.25, 0.3) is 5.91 Å². The van der Waals surface area contributed by atoms with Crippen molar-refractivity contribution in [2.24, 2.45) is 11.7 Å². The van der Waals surface area contributed by atoms with Gasteiger partial charge in [0.05, 0.1) is 37.0 Å². The van der Waals surface area contributed by atoms with E-state index in [0.29, 0.717) is 41.4 Å². The van der Waals surface area contributed by atoms with Crippen LogP contribution < -0.4 is 5.73 Å². The number of Topliss-reactive ketones (excluding diaryl/α,β-unsaturated/α-hetero) is 1. The molecule has 1 fully saturated rings. The highest BCUT2D eigenvalue weighted by atomic mass is 32.1. The molecule has 3 aromatic rings. The van der Waals surface area contributed by atoms with Gasteiger partial charge in [0, 0.05) is 23.5 Å². The second-order valence-electron chi connectivity index (χ2n) is 10.1. The number of primary amides is 1. The summed E-state index contributed by atoms with van der Waals surface area (Å²) < 4.78 is 6.58. The van der Waals surface area contributed by atoms with Crippen LogP contribution in [-0.2, 0) is 22.6 Å². The second kappa shape index (κ2) is 12.9. The monoisotopic (exact) mass is 549 g/mol. The van der Waals surface area contributed by atoms with Crippen molar-refractivity contribution in [2.75, 3.05) is 13.7 Å². The van der Waals surface area contributed by atoms with Crippen molar-refractivity contribution in [1.29, 1.82) is 0 Å². The first-order valence-electron chi connectivity index (χ1n) is 13.3. The van der Waals surface area contributed by atoms with Gasteiger partial charge in [-0.15, -0.1) is 11.3 Å². The maximum atomic E-state index is 13.7. The smallest absolute Gasteiger partial charge is 0.337 e. The van der Waals surface area contributed by atoms with Gasteiger partial charge in [-0.1, -0.05) is 37.5 Å². The van der Waals surface area contributed by atoms with Gasteiger partial charge < -0.3 is 19.9 Å². The van der Waals surface area contributed by atoms with E-state index in [1.54, 1.807) is 53.5 Å². The van der Waals surface area contributed by atoms with Crippen LogP contribution in [0.3, 0.4) is 0 Å². The Labute approximate surface area is 232 Å². The Morgan fingerprint density at radius 1 is 1.08 bits per heavy atom. The molecule has 0 aliphatic heterocycles. The van der Waals surface area contributed by atoms with Crippen LogP contribution in [0, 0.1) is 12.8 Å². The van der Waals surface area contributed by atoms with Gasteiger partial charge in [0.2, 0.25) is 5.91 Å². The van der Waals surface area contributed by atoms with Crippen molar-refractivity contribution in [2.45, 2.75) is 58.5 Å². The van der Waals surface area contributed by atoms with Crippen LogP contribution in [0.2, 0.25) is 0 Å². The highest BCUT2D eigenvalue weighted by Gasteiger charge is 2.26. The molecule has 39 heavy (non-hydrogen) atoms. The predicted molar refractivity (Wildman–Crippen MR) is 150 cm³/mol. The Balaban J connectivity index is 1.60. The van der Waals surface area contributed by atoms with Crippen molar-refractivity contribution < 1.29 is 23.9 Å². The van der Waals surface area contributed by atoms with E-state index in [9.17, 15) is 19.2 Å². The third-order valence-corrected chi connectivity index (χ3v) is 8.30. The van der Waals surface area contributed by atoms with Gasteiger partial charge in [-0.05, 0) is 60.9 Å². The van der Waals surface area contributed by atoms with E-state index >= 15 is 0 Å². The number of hydrogen-bond acceptors (Lipinski definition) is 6. The Bertz CT molecular complexity index is 1320. The number of methoxy groups -OCH3 is 1. The largest absolute Gasteiger partial charge is 0.465 e. The van der Waals surface area contributed by atoms with Crippen LogP contribution in [0.5, 0.6) is 0 Å². The summed E-state index contributed by atoms with van der Waals surface area (Å²) in [6.07, 6.45) is 5.88. The summed E-state index contributed by atoms with van der Waals surface area (Å²) in [6.45, 7) is 2.31. The summed E-state index contributed by atoms with van der Waals surface area (Å²) in [5, 5.41) is 1.96. The second-order valence-corrected chi connectivity index (χ2v) is 11.2. The molecule has 206 valence electrons. The molecular formula is C30H35N3O5S. The first-order chi connectivity index (χ1) is 18.8. The van der Waals surface area contributed by atoms with Gasteiger partial charge in [-0.3, -0.25) is 14.4 Å². The number of benzene rings is 1. The van der Waals surface area contributed by atoms with Crippen LogP contribution in [-0.4, -0.2) is 46.7 Å². The number of hydrogen-bond donors (Lipinski definition) is 1. The maximum Gasteiger partial charge on any atom is 0.337 e. The number of nitrogens with zero attached hydrogens (tertiary/aromatic N) is 2. The SMILES string of the molecule is COC(=O)c1ccc(CN(CC(=O)c2cc(C(N)=O)c(C)n2Cc2cccs2)C(=O)CC2CCCCC2)cc1. The number of nitrogens with two attached hydrogens (primary N) is 1. The van der Waals surface area contributed by atoms with Gasteiger partial charge in [-0.2, -0.15) is 0 Å². The molecule has 0 radical (unpaired) electrons. The molecule has 1 saturated carbocycles. The summed E-state index contributed by atoms with van der Waals surface area (Å²) in [6, 6.07) is 12.3. The lowest BCUT2D eigenvalue weighted by molar-refractivity contribution is -0.132. The lowest BCUT2D eigenvalue weighted by atomic mass is 9.86. The summed E-state index contributed by atoms with van der Waals surface area (Å²) in [5.74, 6) is -1.05. The Morgan fingerprint density at radius 2 is 1.79 bits per heavy atom. The first kappa shape index (κ1) is 28.3. The van der Waals surface area contributed by atoms with Crippen molar-refractivity contribution in [1.82, 2.24) is 9.47 Å². The van der Waals surface area contributed by atoms with E-state index in [4.69, 9.17) is 10.5 Å².